The zero-order valence-electron chi connectivity index (χ0n) is 12.0. The van der Waals surface area contributed by atoms with Crippen LogP contribution in [0.3, 0.4) is 0 Å². The Morgan fingerprint density at radius 1 is 1.05 bits per heavy atom. The van der Waals surface area contributed by atoms with Crippen molar-refractivity contribution in [1.29, 1.82) is 0 Å². The van der Waals surface area contributed by atoms with E-state index in [1.807, 2.05) is 0 Å². The number of aliphatic imine (C=N–C) groups is 1. The van der Waals surface area contributed by atoms with Crippen LogP contribution in [-0.2, 0) is 12.8 Å². The van der Waals surface area contributed by atoms with Crippen molar-refractivity contribution in [1.82, 2.24) is 5.32 Å². The molecule has 3 heteroatoms. The molecule has 1 atom stereocenters. The maximum atomic E-state index is 5.85. The highest BCUT2D eigenvalue weighted by Crippen LogP contribution is 2.36. The normalized spacial score (nSPS) is 23.5. The molecular formula is C18H19N3. The lowest BCUT2D eigenvalue weighted by atomic mass is 9.76. The minimum Gasteiger partial charge on any atom is -0.370 e. The van der Waals surface area contributed by atoms with Crippen LogP contribution in [0.1, 0.15) is 17.5 Å². The molecule has 2 aromatic rings. The molecule has 0 amide bonds. The standard InChI is InChI=1S/C18H19N3/c19-17-20-12-18(21-17)10-9-14-7-4-8-15(16(14)11-18)13-5-2-1-3-6-13/h1-8H,9-12H2,(H3,19,20,21). The third kappa shape index (κ3) is 2.09. The van der Waals surface area contributed by atoms with Crippen LogP contribution in [0.2, 0.25) is 0 Å². The maximum absolute atomic E-state index is 5.85. The minimum atomic E-state index is 0.0297. The number of guanidine groups is 1. The number of hydrogen-bond donors (Lipinski definition) is 2. The Balaban J connectivity index is 1.77. The Labute approximate surface area is 124 Å². The van der Waals surface area contributed by atoms with Gasteiger partial charge in [-0.15, -0.1) is 0 Å². The summed E-state index contributed by atoms with van der Waals surface area (Å²) in [6.45, 7) is 0.793. The second-order valence-electron chi connectivity index (χ2n) is 6.09. The fourth-order valence-corrected chi connectivity index (χ4v) is 3.60. The molecule has 1 heterocycles. The number of aryl methyl sites for hydroxylation is 1. The average Bonchev–Trinajstić information content (AvgIpc) is 2.88. The van der Waals surface area contributed by atoms with Crippen molar-refractivity contribution < 1.29 is 0 Å². The molecule has 0 bridgehead atoms. The van der Waals surface area contributed by atoms with Gasteiger partial charge in [0, 0.05) is 0 Å². The van der Waals surface area contributed by atoms with Crippen LogP contribution in [0.4, 0.5) is 0 Å². The zero-order chi connectivity index (χ0) is 14.3. The monoisotopic (exact) mass is 277 g/mol. The quantitative estimate of drug-likeness (QED) is 0.841. The molecule has 0 aromatic heterocycles. The van der Waals surface area contributed by atoms with Gasteiger partial charge in [-0.25, -0.2) is 0 Å². The topological polar surface area (TPSA) is 50.4 Å². The van der Waals surface area contributed by atoms with Gasteiger partial charge in [-0.05, 0) is 41.5 Å². The van der Waals surface area contributed by atoms with Gasteiger partial charge in [0.05, 0.1) is 12.1 Å². The number of benzene rings is 2. The number of hydrogen-bond acceptors (Lipinski definition) is 3. The van der Waals surface area contributed by atoms with Crippen molar-refractivity contribution in [2.75, 3.05) is 6.54 Å². The molecule has 0 radical (unpaired) electrons. The van der Waals surface area contributed by atoms with E-state index < -0.39 is 0 Å². The van der Waals surface area contributed by atoms with Gasteiger partial charge in [-0.1, -0.05) is 48.5 Å². The second kappa shape index (κ2) is 4.62. The summed E-state index contributed by atoms with van der Waals surface area (Å²) in [4.78, 5) is 4.37. The minimum absolute atomic E-state index is 0.0297. The van der Waals surface area contributed by atoms with Crippen LogP contribution >= 0.6 is 0 Å². The van der Waals surface area contributed by atoms with Gasteiger partial charge in [-0.2, -0.15) is 0 Å². The average molecular weight is 277 g/mol. The zero-order valence-corrected chi connectivity index (χ0v) is 12.0. The Morgan fingerprint density at radius 3 is 2.67 bits per heavy atom. The van der Waals surface area contributed by atoms with E-state index in [1.165, 1.54) is 22.3 Å². The second-order valence-corrected chi connectivity index (χ2v) is 6.09. The van der Waals surface area contributed by atoms with E-state index in [-0.39, 0.29) is 5.54 Å². The van der Waals surface area contributed by atoms with Gasteiger partial charge < -0.3 is 11.1 Å². The van der Waals surface area contributed by atoms with Gasteiger partial charge in [0.15, 0.2) is 5.96 Å². The number of nitrogens with two attached hydrogens (primary N) is 1. The van der Waals surface area contributed by atoms with Crippen LogP contribution in [0.15, 0.2) is 53.5 Å². The molecule has 4 rings (SSSR count). The summed E-state index contributed by atoms with van der Waals surface area (Å²) >= 11 is 0. The van der Waals surface area contributed by atoms with Crippen LogP contribution in [0.25, 0.3) is 11.1 Å². The lowest BCUT2D eigenvalue weighted by Crippen LogP contribution is -2.51. The highest BCUT2D eigenvalue weighted by molar-refractivity contribution is 5.81. The van der Waals surface area contributed by atoms with E-state index in [0.29, 0.717) is 5.96 Å². The third-order valence-electron chi connectivity index (χ3n) is 4.69. The van der Waals surface area contributed by atoms with Crippen LogP contribution in [-0.4, -0.2) is 18.0 Å². The summed E-state index contributed by atoms with van der Waals surface area (Å²) in [6.07, 6.45) is 3.19. The largest absolute Gasteiger partial charge is 0.370 e. The summed E-state index contributed by atoms with van der Waals surface area (Å²) in [5, 5.41) is 3.42. The van der Waals surface area contributed by atoms with Crippen molar-refractivity contribution in [3.8, 4) is 11.1 Å². The summed E-state index contributed by atoms with van der Waals surface area (Å²) in [7, 11) is 0. The molecule has 1 spiro atoms. The van der Waals surface area contributed by atoms with Crippen LogP contribution in [0, 0.1) is 0 Å². The van der Waals surface area contributed by atoms with E-state index in [9.17, 15) is 0 Å². The van der Waals surface area contributed by atoms with Crippen molar-refractivity contribution in [3.05, 3.63) is 59.7 Å². The van der Waals surface area contributed by atoms with E-state index in [4.69, 9.17) is 5.73 Å². The van der Waals surface area contributed by atoms with Gasteiger partial charge in [0.1, 0.15) is 0 Å². The van der Waals surface area contributed by atoms with Crippen molar-refractivity contribution in [3.63, 3.8) is 0 Å². The lowest BCUT2D eigenvalue weighted by Gasteiger charge is -2.35. The van der Waals surface area contributed by atoms with E-state index in [2.05, 4.69) is 58.8 Å². The third-order valence-corrected chi connectivity index (χ3v) is 4.69. The fraction of sp³-hybridized carbons (Fsp3) is 0.278. The molecule has 3 nitrogen and oxygen atoms in total. The Hall–Kier alpha value is -2.29. The SMILES string of the molecule is NC1=NCC2(CCc3cccc(-c4ccccc4)c3C2)N1. The fourth-order valence-electron chi connectivity index (χ4n) is 3.60. The highest BCUT2D eigenvalue weighted by Gasteiger charge is 2.38. The van der Waals surface area contributed by atoms with Gasteiger partial charge in [0.2, 0.25) is 0 Å². The molecule has 2 aliphatic rings. The Kier molecular flexibility index (Phi) is 2.74. The molecule has 106 valence electrons. The molecule has 1 aliphatic carbocycles. The summed E-state index contributed by atoms with van der Waals surface area (Å²) in [6, 6.07) is 17.3. The van der Waals surface area contributed by atoms with E-state index in [0.717, 1.165) is 25.8 Å². The van der Waals surface area contributed by atoms with Crippen LogP contribution in [0.5, 0.6) is 0 Å². The molecule has 1 aliphatic heterocycles. The summed E-state index contributed by atoms with van der Waals surface area (Å²) < 4.78 is 0. The van der Waals surface area contributed by atoms with Crippen molar-refractivity contribution in [2.24, 2.45) is 10.7 Å². The Bertz CT molecular complexity index is 706. The molecular weight excluding hydrogens is 258 g/mol. The van der Waals surface area contributed by atoms with Gasteiger partial charge in [0.25, 0.3) is 0 Å². The van der Waals surface area contributed by atoms with Crippen molar-refractivity contribution >= 4 is 5.96 Å². The number of nitrogens with one attached hydrogen (secondary N) is 1. The highest BCUT2D eigenvalue weighted by atomic mass is 15.2. The van der Waals surface area contributed by atoms with E-state index in [1.54, 1.807) is 0 Å². The predicted octanol–water partition coefficient (Wildman–Crippen LogP) is 2.50. The molecule has 3 N–H and O–H groups in total. The number of rotatable bonds is 1. The molecule has 0 saturated carbocycles. The summed E-state index contributed by atoms with van der Waals surface area (Å²) in [5.74, 6) is 0.593. The predicted molar refractivity (Wildman–Crippen MR) is 86.3 cm³/mol. The van der Waals surface area contributed by atoms with Gasteiger partial charge in [-0.3, -0.25) is 4.99 Å². The number of nitrogens with zero attached hydrogens (tertiary/aromatic N) is 1. The summed E-state index contributed by atoms with van der Waals surface area (Å²) in [5.41, 5.74) is 11.4. The molecule has 2 aromatic carbocycles. The van der Waals surface area contributed by atoms with Crippen molar-refractivity contribution in [2.45, 2.75) is 24.8 Å². The first-order valence-electron chi connectivity index (χ1n) is 7.50. The first-order chi connectivity index (χ1) is 10.3. The maximum Gasteiger partial charge on any atom is 0.189 e. The molecule has 0 saturated heterocycles. The number of fused-ring (bicyclic) bond motifs is 1. The first kappa shape index (κ1) is 12.5. The van der Waals surface area contributed by atoms with Crippen LogP contribution < -0.4 is 11.1 Å². The van der Waals surface area contributed by atoms with Gasteiger partial charge >= 0.3 is 0 Å². The molecule has 0 fully saturated rings. The molecule has 1 unspecified atom stereocenters. The Morgan fingerprint density at radius 2 is 1.90 bits per heavy atom. The first-order valence-corrected chi connectivity index (χ1v) is 7.50. The van der Waals surface area contributed by atoms with E-state index >= 15 is 0 Å². The molecule has 21 heavy (non-hydrogen) atoms. The smallest absolute Gasteiger partial charge is 0.189 e. The lowest BCUT2D eigenvalue weighted by molar-refractivity contribution is 0.362.